The van der Waals surface area contributed by atoms with Crippen molar-refractivity contribution < 1.29 is 23.7 Å². The maximum absolute atomic E-state index is 12.7. The van der Waals surface area contributed by atoms with Gasteiger partial charge >= 0.3 is 0 Å². The van der Waals surface area contributed by atoms with Gasteiger partial charge in [-0.1, -0.05) is 42.5 Å². The largest absolute Gasteiger partial charge is 0.356 e. The van der Waals surface area contributed by atoms with Gasteiger partial charge in [0.05, 0.1) is 12.7 Å². The van der Waals surface area contributed by atoms with E-state index in [0.29, 0.717) is 19.4 Å². The van der Waals surface area contributed by atoms with Gasteiger partial charge in [0.15, 0.2) is 12.6 Å². The molecule has 5 atom stereocenters. The van der Waals surface area contributed by atoms with Gasteiger partial charge < -0.3 is 23.8 Å². The first-order chi connectivity index (χ1) is 12.9. The summed E-state index contributed by atoms with van der Waals surface area (Å²) < 4.78 is 23.8. The van der Waals surface area contributed by atoms with Crippen molar-refractivity contribution in [1.82, 2.24) is 4.90 Å². The molecule has 0 aromatic heterocycles. The number of hydrogen-bond donors (Lipinski definition) is 0. The first kappa shape index (κ1) is 20.0. The highest BCUT2D eigenvalue weighted by molar-refractivity contribution is 5.77. The van der Waals surface area contributed by atoms with Crippen molar-refractivity contribution >= 4 is 5.91 Å². The normalized spacial score (nSPS) is 33.2. The number of ether oxygens (including phenoxy) is 4. The quantitative estimate of drug-likeness (QED) is 0.741. The van der Waals surface area contributed by atoms with Crippen LogP contribution in [0.1, 0.15) is 31.6 Å². The van der Waals surface area contributed by atoms with E-state index in [1.54, 1.807) is 26.1 Å². The molecule has 1 aromatic rings. The summed E-state index contributed by atoms with van der Waals surface area (Å²) in [6.45, 7) is 6.54. The van der Waals surface area contributed by atoms with Crippen LogP contribution >= 0.6 is 0 Å². The highest BCUT2D eigenvalue weighted by Gasteiger charge is 2.55. The van der Waals surface area contributed by atoms with E-state index in [9.17, 15) is 4.79 Å². The number of nitrogens with zero attached hydrogens (tertiary/aromatic N) is 1. The van der Waals surface area contributed by atoms with Crippen molar-refractivity contribution in [2.45, 2.75) is 44.6 Å². The summed E-state index contributed by atoms with van der Waals surface area (Å²) in [6, 6.07) is 9.80. The summed E-state index contributed by atoms with van der Waals surface area (Å²) in [5.41, 5.74) is 1.26. The maximum Gasteiger partial charge on any atom is 0.223 e. The van der Waals surface area contributed by atoms with Crippen LogP contribution in [0.4, 0.5) is 0 Å². The average Bonchev–Trinajstić information content (AvgIpc) is 2.67. The fourth-order valence-corrected chi connectivity index (χ4v) is 3.88. The van der Waals surface area contributed by atoms with Crippen molar-refractivity contribution in [2.24, 2.45) is 5.41 Å². The summed E-state index contributed by atoms with van der Waals surface area (Å²) in [7, 11) is 5.13. The Labute approximate surface area is 161 Å². The van der Waals surface area contributed by atoms with Crippen LogP contribution in [0.3, 0.4) is 0 Å². The van der Waals surface area contributed by atoms with Crippen molar-refractivity contribution in [3.63, 3.8) is 0 Å². The van der Waals surface area contributed by atoms with Crippen molar-refractivity contribution in [1.29, 1.82) is 0 Å². The van der Waals surface area contributed by atoms with Gasteiger partial charge in [-0.05, 0) is 6.92 Å². The van der Waals surface area contributed by atoms with Crippen LogP contribution < -0.4 is 0 Å². The first-order valence-electron chi connectivity index (χ1n) is 9.24. The Morgan fingerprint density at radius 1 is 1.30 bits per heavy atom. The van der Waals surface area contributed by atoms with Crippen molar-refractivity contribution in [2.75, 3.05) is 27.8 Å². The average molecular weight is 375 g/mol. The van der Waals surface area contributed by atoms with E-state index in [0.717, 1.165) is 11.1 Å². The van der Waals surface area contributed by atoms with E-state index >= 15 is 0 Å². The second-order valence-electron chi connectivity index (χ2n) is 7.58. The van der Waals surface area contributed by atoms with Gasteiger partial charge in [0.2, 0.25) is 5.91 Å². The molecule has 2 aliphatic rings. The smallest absolute Gasteiger partial charge is 0.223 e. The van der Waals surface area contributed by atoms with Crippen molar-refractivity contribution in [3.8, 4) is 0 Å². The summed E-state index contributed by atoms with van der Waals surface area (Å²) in [4.78, 5) is 14.3. The predicted molar refractivity (Wildman–Crippen MR) is 101 cm³/mol. The molecule has 148 valence electrons. The molecule has 27 heavy (non-hydrogen) atoms. The summed E-state index contributed by atoms with van der Waals surface area (Å²) in [5, 5.41) is 0. The number of amides is 1. The topological polar surface area (TPSA) is 57.2 Å². The first-order valence-corrected chi connectivity index (χ1v) is 9.24. The Kier molecular flexibility index (Phi) is 6.01. The molecule has 0 radical (unpaired) electrons. The van der Waals surface area contributed by atoms with Gasteiger partial charge in [0.1, 0.15) is 6.10 Å². The molecule has 0 spiro atoms. The van der Waals surface area contributed by atoms with Crippen LogP contribution in [0.2, 0.25) is 0 Å². The molecule has 0 aliphatic carbocycles. The maximum atomic E-state index is 12.7. The van der Waals surface area contributed by atoms with Gasteiger partial charge in [-0.3, -0.25) is 4.79 Å². The highest BCUT2D eigenvalue weighted by Crippen LogP contribution is 2.50. The lowest BCUT2D eigenvalue weighted by Gasteiger charge is -2.53. The lowest BCUT2D eigenvalue weighted by molar-refractivity contribution is -0.340. The minimum absolute atomic E-state index is 0.0276. The number of carbonyl (C=O) groups is 1. The lowest BCUT2D eigenvalue weighted by atomic mass is 9.67. The Morgan fingerprint density at radius 2 is 2.00 bits per heavy atom. The van der Waals surface area contributed by atoms with E-state index in [-0.39, 0.29) is 18.1 Å². The molecule has 1 unspecified atom stereocenters. The molecule has 1 amide bonds. The molecular formula is C21H29NO5. The zero-order chi connectivity index (χ0) is 19.6. The van der Waals surface area contributed by atoms with Gasteiger partial charge in [-0.25, -0.2) is 0 Å². The standard InChI is InChI=1S/C21H29NO5/c1-14(2)21(11-17(23)22(3)4)12-18(24-5)26-16-13-25-20(27-19(16)21)15-9-7-6-8-10-15/h6-10,16,18-20H,1,11-13H2,2-5H3/t16-,18+,19-,20?,21-/m1/s1. The molecule has 0 saturated carbocycles. The highest BCUT2D eigenvalue weighted by atomic mass is 16.7. The third-order valence-corrected chi connectivity index (χ3v) is 5.57. The third-order valence-electron chi connectivity index (χ3n) is 5.57. The minimum atomic E-state index is -0.582. The number of hydrogen-bond acceptors (Lipinski definition) is 5. The SMILES string of the molecule is C=C(C)[C@@]1(CC(=O)N(C)C)C[C@@H](OC)O[C@@H]2COC(c3ccccc3)O[C@H]21. The molecule has 3 rings (SSSR count). The van der Waals surface area contributed by atoms with E-state index in [4.69, 9.17) is 18.9 Å². The fourth-order valence-electron chi connectivity index (χ4n) is 3.88. The van der Waals surface area contributed by atoms with E-state index < -0.39 is 18.0 Å². The second-order valence-corrected chi connectivity index (χ2v) is 7.58. The molecule has 2 aliphatic heterocycles. The van der Waals surface area contributed by atoms with Crippen LogP contribution in [0, 0.1) is 5.41 Å². The van der Waals surface area contributed by atoms with Crippen LogP contribution in [-0.4, -0.2) is 57.1 Å². The van der Waals surface area contributed by atoms with Gasteiger partial charge in [-0.15, -0.1) is 0 Å². The molecule has 6 heteroatoms. The number of rotatable bonds is 5. The number of carbonyl (C=O) groups excluding carboxylic acids is 1. The molecule has 0 bridgehead atoms. The second kappa shape index (κ2) is 8.10. The zero-order valence-corrected chi connectivity index (χ0v) is 16.5. The molecule has 6 nitrogen and oxygen atoms in total. The molecule has 2 saturated heterocycles. The Hall–Kier alpha value is -1.73. The van der Waals surface area contributed by atoms with Gasteiger partial charge in [0, 0.05) is 45.0 Å². The Morgan fingerprint density at radius 3 is 2.59 bits per heavy atom. The molecular weight excluding hydrogens is 346 g/mol. The zero-order valence-electron chi connectivity index (χ0n) is 16.5. The van der Waals surface area contributed by atoms with Crippen LogP contribution in [-0.2, 0) is 23.7 Å². The predicted octanol–water partition coefficient (Wildman–Crippen LogP) is 2.90. The molecule has 1 aromatic carbocycles. The Balaban J connectivity index is 1.94. The monoisotopic (exact) mass is 375 g/mol. The lowest BCUT2D eigenvalue weighted by Crippen LogP contribution is -2.59. The number of benzene rings is 1. The van der Waals surface area contributed by atoms with E-state index in [1.807, 2.05) is 37.3 Å². The van der Waals surface area contributed by atoms with Gasteiger partial charge in [-0.2, -0.15) is 0 Å². The minimum Gasteiger partial charge on any atom is -0.356 e. The van der Waals surface area contributed by atoms with E-state index in [2.05, 4.69) is 6.58 Å². The molecule has 0 N–H and O–H groups in total. The number of fused-ring (bicyclic) bond motifs is 1. The van der Waals surface area contributed by atoms with E-state index in [1.165, 1.54) is 0 Å². The van der Waals surface area contributed by atoms with Crippen molar-refractivity contribution in [3.05, 3.63) is 48.0 Å². The summed E-state index contributed by atoms with van der Waals surface area (Å²) in [6.07, 6.45) is -0.788. The molecule has 2 heterocycles. The number of methoxy groups -OCH3 is 1. The van der Waals surface area contributed by atoms with Crippen LogP contribution in [0.15, 0.2) is 42.5 Å². The molecule has 2 fully saturated rings. The van der Waals surface area contributed by atoms with Crippen LogP contribution in [0.5, 0.6) is 0 Å². The fraction of sp³-hybridized carbons (Fsp3) is 0.571. The summed E-state index contributed by atoms with van der Waals surface area (Å²) >= 11 is 0. The third kappa shape index (κ3) is 3.94. The van der Waals surface area contributed by atoms with Gasteiger partial charge in [0.25, 0.3) is 0 Å². The van der Waals surface area contributed by atoms with Crippen LogP contribution in [0.25, 0.3) is 0 Å². The Bertz CT molecular complexity index is 676. The summed E-state index contributed by atoms with van der Waals surface area (Å²) in [5.74, 6) is 0.0276.